The van der Waals surface area contributed by atoms with Gasteiger partial charge in [0.25, 0.3) is 0 Å². The molecular weight excluding hydrogens is 511 g/mol. The number of ether oxygens (including phenoxy) is 2. The first-order chi connectivity index (χ1) is 14.1. The van der Waals surface area contributed by atoms with E-state index >= 15 is 0 Å². The molecule has 0 aliphatic carbocycles. The number of hydrogen-bond donors (Lipinski definition) is 2. The van der Waals surface area contributed by atoms with Crippen LogP contribution in [0.15, 0.2) is 28.6 Å². The molecule has 0 saturated heterocycles. The third-order valence-corrected chi connectivity index (χ3v) is 5.38. The van der Waals surface area contributed by atoms with Gasteiger partial charge >= 0.3 is 0 Å². The molecule has 2 rings (SSSR count). The summed E-state index contributed by atoms with van der Waals surface area (Å²) >= 11 is 1.75. The smallest absolute Gasteiger partial charge is 0.191 e. The SMILES string of the molecule is CCOCCOc1cc(C)ccc1CNC(=NC)NCCCCc1nc(C)cs1.I. The van der Waals surface area contributed by atoms with Gasteiger partial charge in [-0.15, -0.1) is 35.3 Å². The molecule has 1 aromatic carbocycles. The summed E-state index contributed by atoms with van der Waals surface area (Å²) in [7, 11) is 1.79. The van der Waals surface area contributed by atoms with E-state index in [0.29, 0.717) is 26.4 Å². The molecule has 0 atom stereocenters. The van der Waals surface area contributed by atoms with E-state index in [1.807, 2.05) is 13.8 Å². The van der Waals surface area contributed by atoms with Gasteiger partial charge in [0, 0.05) is 43.4 Å². The number of aryl methyl sites for hydroxylation is 3. The summed E-state index contributed by atoms with van der Waals surface area (Å²) in [6.07, 6.45) is 3.24. The lowest BCUT2D eigenvalue weighted by atomic mass is 10.1. The third kappa shape index (κ3) is 10.1. The maximum Gasteiger partial charge on any atom is 0.191 e. The van der Waals surface area contributed by atoms with Crippen LogP contribution in [0.1, 0.15) is 41.6 Å². The number of aromatic nitrogens is 1. The maximum atomic E-state index is 5.91. The van der Waals surface area contributed by atoms with Crippen molar-refractivity contribution in [2.75, 3.05) is 33.4 Å². The van der Waals surface area contributed by atoms with Crippen molar-refractivity contribution in [2.45, 2.75) is 46.6 Å². The lowest BCUT2D eigenvalue weighted by Gasteiger charge is -2.15. The Morgan fingerprint density at radius 3 is 2.70 bits per heavy atom. The normalized spacial score (nSPS) is 11.1. The molecule has 0 unspecified atom stereocenters. The molecule has 0 aliphatic heterocycles. The van der Waals surface area contributed by atoms with E-state index in [9.17, 15) is 0 Å². The minimum absolute atomic E-state index is 0. The summed E-state index contributed by atoms with van der Waals surface area (Å²) in [5, 5.41) is 10.1. The van der Waals surface area contributed by atoms with Gasteiger partial charge in [0.15, 0.2) is 5.96 Å². The molecule has 2 aromatic rings. The highest BCUT2D eigenvalue weighted by Gasteiger charge is 2.06. The molecule has 1 aromatic heterocycles. The van der Waals surface area contributed by atoms with Crippen LogP contribution in [0.25, 0.3) is 0 Å². The largest absolute Gasteiger partial charge is 0.491 e. The van der Waals surface area contributed by atoms with Crippen LogP contribution < -0.4 is 15.4 Å². The summed E-state index contributed by atoms with van der Waals surface area (Å²) < 4.78 is 11.3. The van der Waals surface area contributed by atoms with E-state index in [-0.39, 0.29) is 24.0 Å². The standard InChI is InChI=1S/C22H34N4O2S.HI/c1-5-27-12-13-28-20-14-17(2)9-10-19(20)15-25-22(23-4)24-11-7-6-8-21-26-18(3)16-29-21;/h9-10,14,16H,5-8,11-13,15H2,1-4H3,(H2,23,24,25);1H. The number of guanidine groups is 1. The number of rotatable bonds is 12. The van der Waals surface area contributed by atoms with Crippen LogP contribution in [-0.2, 0) is 17.7 Å². The highest BCUT2D eigenvalue weighted by atomic mass is 127. The fourth-order valence-corrected chi connectivity index (χ4v) is 3.64. The average molecular weight is 547 g/mol. The number of aliphatic imine (C=N–C) groups is 1. The number of halogens is 1. The lowest BCUT2D eigenvalue weighted by Crippen LogP contribution is -2.37. The first-order valence-corrected chi connectivity index (χ1v) is 11.2. The third-order valence-electron chi connectivity index (χ3n) is 4.36. The molecule has 0 spiro atoms. The van der Waals surface area contributed by atoms with Crippen LogP contribution in [0.5, 0.6) is 5.75 Å². The summed E-state index contributed by atoms with van der Waals surface area (Å²) in [5.41, 5.74) is 3.40. The number of hydrogen-bond acceptors (Lipinski definition) is 5. The van der Waals surface area contributed by atoms with Gasteiger partial charge in [-0.3, -0.25) is 4.99 Å². The predicted octanol–water partition coefficient (Wildman–Crippen LogP) is 4.48. The van der Waals surface area contributed by atoms with Crippen LogP contribution in [0, 0.1) is 13.8 Å². The van der Waals surface area contributed by atoms with Crippen molar-refractivity contribution in [3.05, 3.63) is 45.4 Å². The van der Waals surface area contributed by atoms with Crippen LogP contribution in [-0.4, -0.2) is 44.4 Å². The molecule has 0 bridgehead atoms. The summed E-state index contributed by atoms with van der Waals surface area (Å²) in [4.78, 5) is 8.83. The van der Waals surface area contributed by atoms with E-state index in [0.717, 1.165) is 48.8 Å². The van der Waals surface area contributed by atoms with Gasteiger partial charge in [-0.2, -0.15) is 0 Å². The van der Waals surface area contributed by atoms with E-state index in [4.69, 9.17) is 9.47 Å². The van der Waals surface area contributed by atoms with Gasteiger partial charge in [-0.1, -0.05) is 12.1 Å². The van der Waals surface area contributed by atoms with Crippen molar-refractivity contribution in [1.82, 2.24) is 15.6 Å². The highest BCUT2D eigenvalue weighted by Crippen LogP contribution is 2.20. The van der Waals surface area contributed by atoms with Crippen molar-refractivity contribution >= 4 is 41.3 Å². The Bertz CT molecular complexity index is 767. The Kier molecular flexibility index (Phi) is 13.7. The molecule has 0 amide bonds. The fourth-order valence-electron chi connectivity index (χ4n) is 2.82. The summed E-state index contributed by atoms with van der Waals surface area (Å²) in [6, 6.07) is 6.27. The first kappa shape index (κ1) is 26.6. The van der Waals surface area contributed by atoms with E-state index in [1.54, 1.807) is 18.4 Å². The molecule has 0 aliphatic rings. The van der Waals surface area contributed by atoms with Crippen LogP contribution in [0.2, 0.25) is 0 Å². The molecule has 2 N–H and O–H groups in total. The minimum atomic E-state index is 0. The first-order valence-electron chi connectivity index (χ1n) is 10.3. The summed E-state index contributed by atoms with van der Waals surface area (Å²) in [5.74, 6) is 1.70. The van der Waals surface area contributed by atoms with Gasteiger partial charge in [0.1, 0.15) is 12.4 Å². The zero-order chi connectivity index (χ0) is 20.9. The van der Waals surface area contributed by atoms with Crippen LogP contribution in [0.4, 0.5) is 0 Å². The molecule has 1 heterocycles. The van der Waals surface area contributed by atoms with Gasteiger partial charge in [0.05, 0.1) is 11.6 Å². The Morgan fingerprint density at radius 1 is 1.17 bits per heavy atom. The molecule has 0 saturated carbocycles. The minimum Gasteiger partial charge on any atom is -0.491 e. The Labute approximate surface area is 201 Å². The monoisotopic (exact) mass is 546 g/mol. The summed E-state index contributed by atoms with van der Waals surface area (Å²) in [6.45, 7) is 9.49. The Morgan fingerprint density at radius 2 is 2.00 bits per heavy atom. The van der Waals surface area contributed by atoms with Crippen LogP contribution >= 0.6 is 35.3 Å². The molecule has 6 nitrogen and oxygen atoms in total. The second-order valence-corrected chi connectivity index (χ2v) is 7.79. The second-order valence-electron chi connectivity index (χ2n) is 6.85. The van der Waals surface area contributed by atoms with Crippen molar-refractivity contribution in [2.24, 2.45) is 4.99 Å². The molecule has 8 heteroatoms. The number of nitrogens with zero attached hydrogens (tertiary/aromatic N) is 2. The number of unbranched alkanes of at least 4 members (excludes halogenated alkanes) is 1. The van der Waals surface area contributed by atoms with Crippen LogP contribution in [0.3, 0.4) is 0 Å². The molecule has 0 fully saturated rings. The number of nitrogens with one attached hydrogen (secondary N) is 2. The topological polar surface area (TPSA) is 67.8 Å². The predicted molar refractivity (Wildman–Crippen MR) is 137 cm³/mol. The van der Waals surface area contributed by atoms with Gasteiger partial charge in [0.2, 0.25) is 0 Å². The zero-order valence-electron chi connectivity index (χ0n) is 18.5. The molecule has 168 valence electrons. The quantitative estimate of drug-likeness (QED) is 0.178. The Hall–Kier alpha value is -1.39. The van der Waals surface area contributed by atoms with E-state index in [1.165, 1.54) is 10.6 Å². The van der Waals surface area contributed by atoms with Gasteiger partial charge in [-0.05, 0) is 51.7 Å². The fraction of sp³-hybridized carbons (Fsp3) is 0.545. The molecule has 0 radical (unpaired) electrons. The van der Waals surface area contributed by atoms with Crippen molar-refractivity contribution in [1.29, 1.82) is 0 Å². The van der Waals surface area contributed by atoms with Gasteiger partial charge < -0.3 is 20.1 Å². The van der Waals surface area contributed by atoms with E-state index in [2.05, 4.69) is 51.1 Å². The number of thiazole rings is 1. The number of benzene rings is 1. The maximum absolute atomic E-state index is 5.91. The Balaban J connectivity index is 0.00000450. The van der Waals surface area contributed by atoms with Crippen molar-refractivity contribution in [3.8, 4) is 5.75 Å². The molecular formula is C22H35IN4O2S. The zero-order valence-corrected chi connectivity index (χ0v) is 21.6. The van der Waals surface area contributed by atoms with Crippen molar-refractivity contribution < 1.29 is 9.47 Å². The molecule has 30 heavy (non-hydrogen) atoms. The van der Waals surface area contributed by atoms with Crippen molar-refractivity contribution in [3.63, 3.8) is 0 Å². The van der Waals surface area contributed by atoms with Gasteiger partial charge in [-0.25, -0.2) is 4.98 Å². The average Bonchev–Trinajstić information content (AvgIpc) is 3.13. The van der Waals surface area contributed by atoms with E-state index < -0.39 is 0 Å². The second kappa shape index (κ2) is 15.4. The highest BCUT2D eigenvalue weighted by molar-refractivity contribution is 14.0. The lowest BCUT2D eigenvalue weighted by molar-refractivity contribution is 0.110.